The Morgan fingerprint density at radius 2 is 2.11 bits per heavy atom. The van der Waals surface area contributed by atoms with Crippen molar-refractivity contribution in [2.75, 3.05) is 6.61 Å². The van der Waals surface area contributed by atoms with E-state index in [0.29, 0.717) is 5.92 Å². The van der Waals surface area contributed by atoms with Crippen LogP contribution in [0.5, 0.6) is 0 Å². The lowest BCUT2D eigenvalue weighted by Gasteiger charge is -2.33. The fourth-order valence-electron chi connectivity index (χ4n) is 2.99. The minimum Gasteiger partial charge on any atom is -0.395 e. The summed E-state index contributed by atoms with van der Waals surface area (Å²) in [5.41, 5.74) is 2.80. The van der Waals surface area contributed by atoms with Crippen LogP contribution in [0.25, 0.3) is 0 Å². The average molecular weight is 282 g/mol. The van der Waals surface area contributed by atoms with Crippen LogP contribution in [0.1, 0.15) is 44.9 Å². The van der Waals surface area contributed by atoms with Gasteiger partial charge in [-0.15, -0.1) is 0 Å². The molecule has 2 N–H and O–H groups in total. The van der Waals surface area contributed by atoms with E-state index in [2.05, 4.69) is 45.1 Å². The molecule has 0 aromatic heterocycles. The molecule has 0 aliphatic heterocycles. The topological polar surface area (TPSA) is 32.3 Å². The van der Waals surface area contributed by atoms with Gasteiger partial charge in [0.05, 0.1) is 6.61 Å². The van der Waals surface area contributed by atoms with Crippen molar-refractivity contribution in [2.24, 2.45) is 11.3 Å². The number of halogens is 1. The molecule has 1 aromatic rings. The van der Waals surface area contributed by atoms with Gasteiger partial charge in [-0.2, -0.15) is 0 Å². The first-order valence-corrected chi connectivity index (χ1v) is 7.38. The highest BCUT2D eigenvalue weighted by atomic mass is 35.5. The fraction of sp³-hybridized carbons (Fsp3) is 0.625. The molecule has 1 unspecified atom stereocenters. The second-order valence-corrected chi connectivity index (χ2v) is 7.08. The van der Waals surface area contributed by atoms with E-state index < -0.39 is 0 Å². The lowest BCUT2D eigenvalue weighted by Crippen LogP contribution is -2.43. The highest BCUT2D eigenvalue weighted by Crippen LogP contribution is 2.46. The Morgan fingerprint density at radius 1 is 1.42 bits per heavy atom. The molecule has 0 heterocycles. The third-order valence-corrected chi connectivity index (χ3v) is 4.46. The summed E-state index contributed by atoms with van der Waals surface area (Å²) in [6.45, 7) is 8.98. The third kappa shape index (κ3) is 2.96. The standard InChI is InChI=1S/C16H24ClNO/c1-10(2)14(9-19)18-15-13-7-12(17)6-5-11(13)8-16(15,3)4/h5-7,10,14-15,18-19H,8-9H2,1-4H3/t14-,15?/m1/s1. The minimum absolute atomic E-state index is 0.120. The van der Waals surface area contributed by atoms with Crippen molar-refractivity contribution < 1.29 is 5.11 Å². The second kappa shape index (κ2) is 5.43. The van der Waals surface area contributed by atoms with Crippen LogP contribution in [0.15, 0.2) is 18.2 Å². The molecule has 0 fully saturated rings. The van der Waals surface area contributed by atoms with E-state index in [0.717, 1.165) is 11.4 Å². The number of benzene rings is 1. The van der Waals surface area contributed by atoms with Gasteiger partial charge in [0.15, 0.2) is 0 Å². The molecule has 0 spiro atoms. The molecule has 0 saturated carbocycles. The Hall–Kier alpha value is -0.570. The van der Waals surface area contributed by atoms with Crippen molar-refractivity contribution in [3.05, 3.63) is 34.3 Å². The van der Waals surface area contributed by atoms with Gasteiger partial charge in [0, 0.05) is 17.1 Å². The van der Waals surface area contributed by atoms with E-state index >= 15 is 0 Å². The normalized spacial score (nSPS) is 22.6. The first-order chi connectivity index (χ1) is 8.85. The minimum atomic E-state index is 0.120. The number of hydrogen-bond acceptors (Lipinski definition) is 2. The average Bonchev–Trinajstić information content (AvgIpc) is 2.56. The Labute approximate surface area is 121 Å². The van der Waals surface area contributed by atoms with Crippen LogP contribution < -0.4 is 5.32 Å². The maximum atomic E-state index is 9.54. The maximum absolute atomic E-state index is 9.54. The molecular weight excluding hydrogens is 258 g/mol. The molecule has 2 nitrogen and oxygen atoms in total. The summed E-state index contributed by atoms with van der Waals surface area (Å²) in [6, 6.07) is 6.53. The largest absolute Gasteiger partial charge is 0.395 e. The third-order valence-electron chi connectivity index (χ3n) is 4.23. The number of fused-ring (bicyclic) bond motifs is 1. The lowest BCUT2D eigenvalue weighted by atomic mass is 9.84. The van der Waals surface area contributed by atoms with E-state index in [1.54, 1.807) is 0 Å². The van der Waals surface area contributed by atoms with Crippen molar-refractivity contribution in [2.45, 2.75) is 46.2 Å². The molecule has 2 atom stereocenters. The quantitative estimate of drug-likeness (QED) is 0.884. The number of aliphatic hydroxyl groups is 1. The van der Waals surface area contributed by atoms with Gasteiger partial charge in [-0.3, -0.25) is 0 Å². The van der Waals surface area contributed by atoms with Crippen LogP contribution in [0.4, 0.5) is 0 Å². The Morgan fingerprint density at radius 3 is 2.68 bits per heavy atom. The summed E-state index contributed by atoms with van der Waals surface area (Å²) in [5, 5.41) is 14.0. The van der Waals surface area contributed by atoms with Crippen molar-refractivity contribution in [3.8, 4) is 0 Å². The van der Waals surface area contributed by atoms with Crippen LogP contribution in [-0.2, 0) is 6.42 Å². The van der Waals surface area contributed by atoms with Gasteiger partial charge in [0.25, 0.3) is 0 Å². The van der Waals surface area contributed by atoms with Crippen molar-refractivity contribution in [3.63, 3.8) is 0 Å². The Kier molecular flexibility index (Phi) is 4.24. The summed E-state index contributed by atoms with van der Waals surface area (Å²) < 4.78 is 0. The van der Waals surface area contributed by atoms with Crippen molar-refractivity contribution >= 4 is 11.6 Å². The summed E-state index contributed by atoms with van der Waals surface area (Å²) in [7, 11) is 0. The highest BCUT2D eigenvalue weighted by Gasteiger charge is 2.40. The van der Waals surface area contributed by atoms with Crippen LogP contribution >= 0.6 is 11.6 Å². The summed E-state index contributed by atoms with van der Waals surface area (Å²) >= 11 is 6.14. The van der Waals surface area contributed by atoms with Crippen LogP contribution in [-0.4, -0.2) is 17.8 Å². The predicted molar refractivity (Wildman–Crippen MR) is 80.5 cm³/mol. The molecule has 1 aliphatic rings. The van der Waals surface area contributed by atoms with Gasteiger partial charge >= 0.3 is 0 Å². The van der Waals surface area contributed by atoms with Crippen molar-refractivity contribution in [1.82, 2.24) is 5.32 Å². The second-order valence-electron chi connectivity index (χ2n) is 6.64. The zero-order chi connectivity index (χ0) is 14.2. The smallest absolute Gasteiger partial charge is 0.0587 e. The van der Waals surface area contributed by atoms with E-state index in [-0.39, 0.29) is 24.1 Å². The van der Waals surface area contributed by atoms with E-state index in [1.165, 1.54) is 11.1 Å². The number of aliphatic hydroxyl groups excluding tert-OH is 1. The van der Waals surface area contributed by atoms with Gasteiger partial charge in [0.1, 0.15) is 0 Å². The van der Waals surface area contributed by atoms with E-state index in [4.69, 9.17) is 11.6 Å². The van der Waals surface area contributed by atoms with Gasteiger partial charge < -0.3 is 10.4 Å². The first kappa shape index (κ1) is 14.8. The van der Waals surface area contributed by atoms with Crippen LogP contribution in [0, 0.1) is 11.3 Å². The zero-order valence-electron chi connectivity index (χ0n) is 12.2. The Bertz CT molecular complexity index is 456. The molecule has 19 heavy (non-hydrogen) atoms. The number of nitrogens with one attached hydrogen (secondary N) is 1. The first-order valence-electron chi connectivity index (χ1n) is 7.00. The molecule has 0 amide bonds. The molecular formula is C16H24ClNO. The molecule has 1 aromatic carbocycles. The lowest BCUT2D eigenvalue weighted by molar-refractivity contribution is 0.165. The van der Waals surface area contributed by atoms with Gasteiger partial charge in [-0.25, -0.2) is 0 Å². The zero-order valence-corrected chi connectivity index (χ0v) is 13.0. The van der Waals surface area contributed by atoms with E-state index in [1.807, 2.05) is 6.07 Å². The van der Waals surface area contributed by atoms with E-state index in [9.17, 15) is 5.11 Å². The molecule has 0 bridgehead atoms. The van der Waals surface area contributed by atoms with Gasteiger partial charge in [-0.1, -0.05) is 45.4 Å². The Balaban J connectivity index is 2.31. The highest BCUT2D eigenvalue weighted by molar-refractivity contribution is 6.30. The van der Waals surface area contributed by atoms with Gasteiger partial charge in [-0.05, 0) is 41.0 Å². The molecule has 0 saturated heterocycles. The van der Waals surface area contributed by atoms with Crippen molar-refractivity contribution in [1.29, 1.82) is 0 Å². The monoisotopic (exact) mass is 281 g/mol. The van der Waals surface area contributed by atoms with Gasteiger partial charge in [0.2, 0.25) is 0 Å². The summed E-state index contributed by atoms with van der Waals surface area (Å²) in [5.74, 6) is 0.407. The SMILES string of the molecule is CC(C)[C@@H](CO)NC1c2cc(Cl)ccc2CC1(C)C. The molecule has 0 radical (unpaired) electrons. The summed E-state index contributed by atoms with van der Waals surface area (Å²) in [6.07, 6.45) is 1.05. The number of hydrogen-bond donors (Lipinski definition) is 2. The molecule has 1 aliphatic carbocycles. The molecule has 3 heteroatoms. The number of rotatable bonds is 4. The summed E-state index contributed by atoms with van der Waals surface area (Å²) in [4.78, 5) is 0. The fourth-order valence-corrected chi connectivity index (χ4v) is 3.18. The van der Waals surface area contributed by atoms with Crippen LogP contribution in [0.3, 0.4) is 0 Å². The molecule has 2 rings (SSSR count). The molecule has 106 valence electrons. The van der Waals surface area contributed by atoms with Crippen LogP contribution in [0.2, 0.25) is 5.02 Å². The predicted octanol–water partition coefficient (Wildman–Crippen LogP) is 3.57. The maximum Gasteiger partial charge on any atom is 0.0587 e.